The quantitative estimate of drug-likeness (QED) is 0.616. The van der Waals surface area contributed by atoms with Crippen molar-refractivity contribution in [2.45, 2.75) is 13.5 Å². The van der Waals surface area contributed by atoms with Crippen LogP contribution in [-0.4, -0.2) is 34.8 Å². The molecule has 0 aliphatic heterocycles. The van der Waals surface area contributed by atoms with E-state index in [2.05, 4.69) is 30.9 Å². The molecule has 0 bridgehead atoms. The maximum atomic E-state index is 14.4. The summed E-state index contributed by atoms with van der Waals surface area (Å²) in [4.78, 5) is 4.11. The molecule has 24 heavy (non-hydrogen) atoms. The highest BCUT2D eigenvalue weighted by atomic mass is 19.1. The van der Waals surface area contributed by atoms with Crippen LogP contribution in [-0.2, 0) is 6.54 Å². The Kier molecular flexibility index (Phi) is 3.38. The zero-order chi connectivity index (χ0) is 16.5. The summed E-state index contributed by atoms with van der Waals surface area (Å²) in [6, 6.07) is 8.61. The van der Waals surface area contributed by atoms with Crippen LogP contribution >= 0.6 is 0 Å². The predicted octanol–water partition coefficient (Wildman–Crippen LogP) is 1.76. The molecule has 8 nitrogen and oxygen atoms in total. The maximum Gasteiger partial charge on any atom is 0.200 e. The summed E-state index contributed by atoms with van der Waals surface area (Å²) in [5, 5.41) is 18.4. The van der Waals surface area contributed by atoms with E-state index < -0.39 is 0 Å². The number of aryl methyl sites for hydroxylation is 1. The Morgan fingerprint density at radius 3 is 2.92 bits per heavy atom. The molecule has 1 aromatic carbocycles. The zero-order valence-corrected chi connectivity index (χ0v) is 12.8. The van der Waals surface area contributed by atoms with Crippen molar-refractivity contribution in [3.63, 3.8) is 0 Å². The number of nitrogens with one attached hydrogen (secondary N) is 1. The largest absolute Gasteiger partial charge is 0.365 e. The molecule has 4 rings (SSSR count). The summed E-state index contributed by atoms with van der Waals surface area (Å²) in [6.07, 6.45) is 3.38. The fourth-order valence-corrected chi connectivity index (χ4v) is 2.42. The van der Waals surface area contributed by atoms with Gasteiger partial charge in [-0.25, -0.2) is 9.37 Å². The van der Waals surface area contributed by atoms with Crippen molar-refractivity contribution in [3.8, 4) is 5.69 Å². The van der Waals surface area contributed by atoms with Gasteiger partial charge in [-0.2, -0.15) is 0 Å². The van der Waals surface area contributed by atoms with Gasteiger partial charge in [0.25, 0.3) is 0 Å². The van der Waals surface area contributed by atoms with Gasteiger partial charge in [0.15, 0.2) is 5.65 Å². The van der Waals surface area contributed by atoms with E-state index in [0.717, 1.165) is 11.4 Å². The number of hydrogen-bond donors (Lipinski definition) is 1. The van der Waals surface area contributed by atoms with Gasteiger partial charge in [-0.05, 0) is 47.2 Å². The maximum absolute atomic E-state index is 14.4. The number of tetrazole rings is 1. The molecule has 0 radical (unpaired) electrons. The second-order valence-corrected chi connectivity index (χ2v) is 5.23. The molecule has 0 fully saturated rings. The summed E-state index contributed by atoms with van der Waals surface area (Å²) in [5.41, 5.74) is 1.83. The lowest BCUT2D eigenvalue weighted by Crippen LogP contribution is -2.06. The van der Waals surface area contributed by atoms with E-state index >= 15 is 0 Å². The van der Waals surface area contributed by atoms with Gasteiger partial charge < -0.3 is 9.88 Å². The van der Waals surface area contributed by atoms with Crippen molar-refractivity contribution in [2.75, 3.05) is 5.32 Å². The fourth-order valence-electron chi connectivity index (χ4n) is 2.42. The first-order valence-electron chi connectivity index (χ1n) is 7.29. The molecule has 120 valence electrons. The number of fused-ring (bicyclic) bond motifs is 1. The van der Waals surface area contributed by atoms with Crippen LogP contribution in [0.25, 0.3) is 11.3 Å². The van der Waals surface area contributed by atoms with E-state index in [0.29, 0.717) is 23.7 Å². The van der Waals surface area contributed by atoms with Crippen molar-refractivity contribution in [1.29, 1.82) is 0 Å². The normalized spacial score (nSPS) is 11.1. The number of anilines is 1. The highest BCUT2D eigenvalue weighted by molar-refractivity contribution is 5.43. The predicted molar refractivity (Wildman–Crippen MR) is 84.2 cm³/mol. The minimum atomic E-state index is -0.306. The summed E-state index contributed by atoms with van der Waals surface area (Å²) < 4.78 is 17.4. The Balaban J connectivity index is 1.52. The lowest BCUT2D eigenvalue weighted by molar-refractivity contribution is 0.614. The molecule has 0 spiro atoms. The third-order valence-electron chi connectivity index (χ3n) is 3.64. The second-order valence-electron chi connectivity index (χ2n) is 5.23. The molecule has 0 aliphatic rings. The van der Waals surface area contributed by atoms with Gasteiger partial charge in [-0.15, -0.1) is 14.8 Å². The molecule has 0 atom stereocenters. The standard InChI is InChI=1S/C15H13FN8/c1-10-17-6-7-23(10)13-3-2-11(8-12(13)16)9-18-14-4-5-15-19-21-22-24(15)20-14/h2-8H,9H2,1H3,(H,18,20). The van der Waals surface area contributed by atoms with Crippen LogP contribution in [0.4, 0.5) is 10.2 Å². The van der Waals surface area contributed by atoms with Crippen molar-refractivity contribution >= 4 is 11.5 Å². The van der Waals surface area contributed by atoms with Gasteiger partial charge in [0.05, 0.1) is 5.69 Å². The lowest BCUT2D eigenvalue weighted by Gasteiger charge is -2.09. The van der Waals surface area contributed by atoms with Crippen LogP contribution in [0.2, 0.25) is 0 Å². The summed E-state index contributed by atoms with van der Waals surface area (Å²) in [5.74, 6) is 1.03. The number of imidazole rings is 1. The van der Waals surface area contributed by atoms with E-state index in [9.17, 15) is 4.39 Å². The third-order valence-corrected chi connectivity index (χ3v) is 3.64. The van der Waals surface area contributed by atoms with Crippen LogP contribution in [0, 0.1) is 12.7 Å². The Morgan fingerprint density at radius 2 is 2.12 bits per heavy atom. The molecule has 3 heterocycles. The smallest absolute Gasteiger partial charge is 0.200 e. The Bertz CT molecular complexity index is 1010. The molecular weight excluding hydrogens is 311 g/mol. The van der Waals surface area contributed by atoms with E-state index in [-0.39, 0.29) is 5.82 Å². The third kappa shape index (κ3) is 2.56. The minimum Gasteiger partial charge on any atom is -0.365 e. The number of rotatable bonds is 4. The van der Waals surface area contributed by atoms with Crippen LogP contribution < -0.4 is 5.32 Å². The van der Waals surface area contributed by atoms with Gasteiger partial charge >= 0.3 is 0 Å². The molecular formula is C15H13FN8. The average Bonchev–Trinajstić information content (AvgIpc) is 3.21. The first kappa shape index (κ1) is 14.2. The summed E-state index contributed by atoms with van der Waals surface area (Å²) in [6.45, 7) is 2.26. The second kappa shape index (κ2) is 5.69. The van der Waals surface area contributed by atoms with Gasteiger partial charge in [0.2, 0.25) is 0 Å². The van der Waals surface area contributed by atoms with Crippen molar-refractivity contribution in [3.05, 3.63) is 59.9 Å². The number of hydrogen-bond acceptors (Lipinski definition) is 6. The lowest BCUT2D eigenvalue weighted by atomic mass is 10.2. The average molecular weight is 324 g/mol. The number of halogens is 1. The van der Waals surface area contributed by atoms with E-state index in [4.69, 9.17) is 0 Å². The number of benzene rings is 1. The molecule has 9 heteroatoms. The van der Waals surface area contributed by atoms with Gasteiger partial charge in [-0.1, -0.05) is 6.07 Å². The van der Waals surface area contributed by atoms with Gasteiger partial charge in [0.1, 0.15) is 17.5 Å². The Hall–Kier alpha value is -3.36. The molecule has 0 amide bonds. The Morgan fingerprint density at radius 1 is 1.21 bits per heavy atom. The van der Waals surface area contributed by atoms with Crippen molar-refractivity contribution < 1.29 is 4.39 Å². The van der Waals surface area contributed by atoms with Crippen LogP contribution in [0.15, 0.2) is 42.7 Å². The highest BCUT2D eigenvalue weighted by Crippen LogP contribution is 2.17. The first-order chi connectivity index (χ1) is 11.7. The van der Waals surface area contributed by atoms with Gasteiger partial charge in [-0.3, -0.25) is 0 Å². The first-order valence-corrected chi connectivity index (χ1v) is 7.29. The molecule has 1 N–H and O–H groups in total. The van der Waals surface area contributed by atoms with Crippen LogP contribution in [0.1, 0.15) is 11.4 Å². The molecule has 0 aliphatic carbocycles. The highest BCUT2D eigenvalue weighted by Gasteiger charge is 2.08. The van der Waals surface area contributed by atoms with E-state index in [1.54, 1.807) is 35.2 Å². The molecule has 4 aromatic rings. The minimum absolute atomic E-state index is 0.306. The van der Waals surface area contributed by atoms with E-state index in [1.165, 1.54) is 10.7 Å². The molecule has 0 saturated carbocycles. The van der Waals surface area contributed by atoms with Crippen LogP contribution in [0.3, 0.4) is 0 Å². The SMILES string of the molecule is Cc1nccn1-c1ccc(CNc2ccc3nnnn3n2)cc1F. The summed E-state index contributed by atoms with van der Waals surface area (Å²) >= 11 is 0. The number of aromatic nitrogens is 7. The van der Waals surface area contributed by atoms with Gasteiger partial charge in [0, 0.05) is 18.9 Å². The zero-order valence-electron chi connectivity index (χ0n) is 12.8. The Labute approximate surface area is 136 Å². The monoisotopic (exact) mass is 324 g/mol. The molecule has 0 saturated heterocycles. The topological polar surface area (TPSA) is 85.8 Å². The fraction of sp³-hybridized carbons (Fsp3) is 0.133. The van der Waals surface area contributed by atoms with E-state index in [1.807, 2.05) is 13.0 Å². The van der Waals surface area contributed by atoms with Crippen molar-refractivity contribution in [2.24, 2.45) is 0 Å². The van der Waals surface area contributed by atoms with Crippen molar-refractivity contribution in [1.82, 2.24) is 34.8 Å². The molecule has 3 aromatic heterocycles. The summed E-state index contributed by atoms with van der Waals surface area (Å²) in [7, 11) is 0. The van der Waals surface area contributed by atoms with Crippen LogP contribution in [0.5, 0.6) is 0 Å². The molecule has 0 unspecified atom stereocenters. The number of nitrogens with zero attached hydrogens (tertiary/aromatic N) is 7.